The monoisotopic (exact) mass is 283 g/mol. The fourth-order valence-corrected chi connectivity index (χ4v) is 1.53. The Labute approximate surface area is 98.9 Å². The molecular formula is C9H6BrN3O3. The highest BCUT2D eigenvalue weighted by molar-refractivity contribution is 9.09. The Morgan fingerprint density at radius 3 is 2.69 bits per heavy atom. The van der Waals surface area contributed by atoms with Gasteiger partial charge in [-0.15, -0.1) is 0 Å². The van der Waals surface area contributed by atoms with Crippen LogP contribution in [0.3, 0.4) is 0 Å². The minimum absolute atomic E-state index is 0.0506. The molecular weight excluding hydrogens is 278 g/mol. The number of nitro groups is 1. The van der Waals surface area contributed by atoms with Gasteiger partial charge in [0.25, 0.3) is 0 Å². The third-order valence-electron chi connectivity index (χ3n) is 1.91. The van der Waals surface area contributed by atoms with Crippen LogP contribution in [-0.4, -0.2) is 16.0 Å². The fourth-order valence-electron chi connectivity index (χ4n) is 1.25. The van der Waals surface area contributed by atoms with Gasteiger partial charge in [0.15, 0.2) is 5.78 Å². The molecule has 0 saturated heterocycles. The molecule has 0 unspecified atom stereocenters. The number of ketones is 1. The molecule has 0 aromatic heterocycles. The quantitative estimate of drug-likeness (QED) is 0.298. The molecule has 2 N–H and O–H groups in total. The van der Waals surface area contributed by atoms with Crippen molar-refractivity contribution in [2.45, 2.75) is 0 Å². The molecule has 6 nitrogen and oxygen atoms in total. The number of nitriles is 1. The van der Waals surface area contributed by atoms with Gasteiger partial charge in [0.1, 0.15) is 17.3 Å². The van der Waals surface area contributed by atoms with Crippen molar-refractivity contribution in [3.63, 3.8) is 0 Å². The van der Waals surface area contributed by atoms with Gasteiger partial charge in [0.2, 0.25) is 0 Å². The summed E-state index contributed by atoms with van der Waals surface area (Å²) in [6.07, 6.45) is 0. The van der Waals surface area contributed by atoms with Crippen molar-refractivity contribution >= 4 is 33.1 Å². The standard InChI is InChI=1S/C9H6BrN3O3/c10-3-7(14)8-5(4-11)1-2-6(12)9(8)13(15)16/h1-2H,3,12H2. The number of alkyl halides is 1. The molecule has 0 heterocycles. The van der Waals surface area contributed by atoms with Crippen LogP contribution in [0.25, 0.3) is 0 Å². The lowest BCUT2D eigenvalue weighted by Gasteiger charge is -2.04. The molecule has 0 saturated carbocycles. The minimum atomic E-state index is -0.758. The van der Waals surface area contributed by atoms with Crippen LogP contribution in [0.5, 0.6) is 0 Å². The van der Waals surface area contributed by atoms with Crippen LogP contribution >= 0.6 is 15.9 Å². The first-order valence-electron chi connectivity index (χ1n) is 4.09. The number of carbonyl (C=O) groups excluding carboxylic acids is 1. The topological polar surface area (TPSA) is 110 Å². The fraction of sp³-hybridized carbons (Fsp3) is 0.111. The third-order valence-corrected chi connectivity index (χ3v) is 2.42. The van der Waals surface area contributed by atoms with Crippen LogP contribution in [0.1, 0.15) is 15.9 Å². The van der Waals surface area contributed by atoms with E-state index in [0.717, 1.165) is 0 Å². The summed E-state index contributed by atoms with van der Waals surface area (Å²) in [6, 6.07) is 4.26. The number of hydrogen-bond acceptors (Lipinski definition) is 5. The largest absolute Gasteiger partial charge is 0.393 e. The zero-order valence-corrected chi connectivity index (χ0v) is 9.52. The minimum Gasteiger partial charge on any atom is -0.393 e. The van der Waals surface area contributed by atoms with Crippen LogP contribution in [0.15, 0.2) is 12.1 Å². The maximum absolute atomic E-state index is 11.5. The molecule has 0 aliphatic heterocycles. The van der Waals surface area contributed by atoms with E-state index in [9.17, 15) is 14.9 Å². The van der Waals surface area contributed by atoms with E-state index in [1.807, 2.05) is 0 Å². The molecule has 0 atom stereocenters. The third kappa shape index (κ3) is 2.01. The Bertz CT molecular complexity index is 507. The predicted molar refractivity (Wildman–Crippen MR) is 60.3 cm³/mol. The van der Waals surface area contributed by atoms with Gasteiger partial charge in [0.05, 0.1) is 15.8 Å². The van der Waals surface area contributed by atoms with E-state index in [-0.39, 0.29) is 22.1 Å². The van der Waals surface area contributed by atoms with E-state index in [1.54, 1.807) is 6.07 Å². The first kappa shape index (κ1) is 12.1. The summed E-state index contributed by atoms with van der Waals surface area (Å²) in [7, 11) is 0. The van der Waals surface area contributed by atoms with Gasteiger partial charge in [-0.3, -0.25) is 14.9 Å². The predicted octanol–water partition coefficient (Wildman–Crippen LogP) is 1.63. The second-order valence-electron chi connectivity index (χ2n) is 2.85. The number of rotatable bonds is 3. The van der Waals surface area contributed by atoms with Crippen LogP contribution in [0.2, 0.25) is 0 Å². The summed E-state index contributed by atoms with van der Waals surface area (Å²) in [5.74, 6) is -0.546. The maximum Gasteiger partial charge on any atom is 0.304 e. The van der Waals surface area contributed by atoms with Gasteiger partial charge in [-0.25, -0.2) is 0 Å². The van der Waals surface area contributed by atoms with E-state index in [0.29, 0.717) is 0 Å². The molecule has 0 aliphatic rings. The van der Waals surface area contributed by atoms with Crippen molar-refractivity contribution in [2.24, 2.45) is 0 Å². The Kier molecular flexibility index (Phi) is 3.58. The second kappa shape index (κ2) is 4.72. The van der Waals surface area contributed by atoms with E-state index >= 15 is 0 Å². The maximum atomic E-state index is 11.5. The molecule has 0 bridgehead atoms. The van der Waals surface area contributed by atoms with Crippen molar-refractivity contribution in [1.29, 1.82) is 5.26 Å². The molecule has 1 rings (SSSR count). The molecule has 1 aromatic rings. The number of nitrogens with zero attached hydrogens (tertiary/aromatic N) is 2. The molecule has 0 amide bonds. The Morgan fingerprint density at radius 2 is 2.25 bits per heavy atom. The average Bonchev–Trinajstić information content (AvgIpc) is 2.27. The lowest BCUT2D eigenvalue weighted by Crippen LogP contribution is -2.09. The zero-order chi connectivity index (χ0) is 12.3. The number of halogens is 1. The highest BCUT2D eigenvalue weighted by Gasteiger charge is 2.26. The molecule has 1 aromatic carbocycles. The highest BCUT2D eigenvalue weighted by Crippen LogP contribution is 2.29. The average molecular weight is 284 g/mol. The summed E-state index contributed by atoms with van der Waals surface area (Å²) in [5.41, 5.74) is 4.48. The Hall–Kier alpha value is -1.94. The first-order valence-corrected chi connectivity index (χ1v) is 5.21. The van der Waals surface area contributed by atoms with Crippen molar-refractivity contribution in [3.05, 3.63) is 33.4 Å². The smallest absolute Gasteiger partial charge is 0.304 e. The second-order valence-corrected chi connectivity index (χ2v) is 3.41. The summed E-state index contributed by atoms with van der Waals surface area (Å²) in [6.45, 7) is 0. The number of Topliss-reactive ketones (excluding diaryl/α,β-unsaturated/α-hetero) is 1. The van der Waals surface area contributed by atoms with Crippen molar-refractivity contribution < 1.29 is 9.72 Å². The van der Waals surface area contributed by atoms with E-state index in [1.165, 1.54) is 12.1 Å². The lowest BCUT2D eigenvalue weighted by atomic mass is 10.0. The van der Waals surface area contributed by atoms with Gasteiger partial charge in [0, 0.05) is 0 Å². The Morgan fingerprint density at radius 1 is 1.62 bits per heavy atom. The van der Waals surface area contributed by atoms with E-state index < -0.39 is 16.4 Å². The number of hydrogen-bond donors (Lipinski definition) is 1. The van der Waals surface area contributed by atoms with Crippen molar-refractivity contribution in [2.75, 3.05) is 11.1 Å². The van der Waals surface area contributed by atoms with Gasteiger partial charge < -0.3 is 5.73 Å². The van der Waals surface area contributed by atoms with Gasteiger partial charge >= 0.3 is 5.69 Å². The number of anilines is 1. The summed E-state index contributed by atoms with van der Waals surface area (Å²) in [4.78, 5) is 21.5. The molecule has 0 aliphatic carbocycles. The van der Waals surface area contributed by atoms with E-state index in [2.05, 4.69) is 15.9 Å². The molecule has 0 spiro atoms. The van der Waals surface area contributed by atoms with Crippen LogP contribution < -0.4 is 5.73 Å². The number of nitro benzene ring substituents is 1. The Balaban J connectivity index is 3.63. The summed E-state index contributed by atoms with van der Waals surface area (Å²) < 4.78 is 0. The summed E-state index contributed by atoms with van der Waals surface area (Å²) >= 11 is 2.90. The lowest BCUT2D eigenvalue weighted by molar-refractivity contribution is -0.384. The summed E-state index contributed by atoms with van der Waals surface area (Å²) in [5, 5.41) is 19.5. The van der Waals surface area contributed by atoms with Gasteiger partial charge in [-0.05, 0) is 12.1 Å². The molecule has 82 valence electrons. The van der Waals surface area contributed by atoms with Crippen LogP contribution in [-0.2, 0) is 0 Å². The van der Waals surface area contributed by atoms with Crippen LogP contribution in [0, 0.1) is 21.4 Å². The normalized spacial score (nSPS) is 9.50. The number of carbonyl (C=O) groups is 1. The van der Waals surface area contributed by atoms with Crippen molar-refractivity contribution in [3.8, 4) is 6.07 Å². The molecule has 0 radical (unpaired) electrons. The van der Waals surface area contributed by atoms with Gasteiger partial charge in [-0.2, -0.15) is 5.26 Å². The van der Waals surface area contributed by atoms with Crippen molar-refractivity contribution in [1.82, 2.24) is 0 Å². The molecule has 16 heavy (non-hydrogen) atoms. The van der Waals surface area contributed by atoms with Crippen LogP contribution in [0.4, 0.5) is 11.4 Å². The molecule has 7 heteroatoms. The molecule has 0 fully saturated rings. The van der Waals surface area contributed by atoms with E-state index in [4.69, 9.17) is 11.0 Å². The zero-order valence-electron chi connectivity index (χ0n) is 7.94. The number of nitrogen functional groups attached to an aromatic ring is 1. The SMILES string of the molecule is N#Cc1ccc(N)c([N+](=O)[O-])c1C(=O)CBr. The highest BCUT2D eigenvalue weighted by atomic mass is 79.9. The first-order chi connectivity index (χ1) is 7.52. The number of benzene rings is 1. The van der Waals surface area contributed by atoms with Gasteiger partial charge in [-0.1, -0.05) is 15.9 Å². The number of nitrogens with two attached hydrogens (primary N) is 1.